The molecule has 174 valence electrons. The van der Waals surface area contributed by atoms with Gasteiger partial charge in [-0.1, -0.05) is 24.3 Å². The molecule has 34 heavy (non-hydrogen) atoms. The van der Waals surface area contributed by atoms with E-state index >= 15 is 0 Å². The van der Waals surface area contributed by atoms with Crippen LogP contribution in [0.25, 0.3) is 22.4 Å². The number of nitrogens with zero attached hydrogens (tertiary/aromatic N) is 1. The van der Waals surface area contributed by atoms with Crippen molar-refractivity contribution in [2.75, 3.05) is 6.61 Å². The van der Waals surface area contributed by atoms with Gasteiger partial charge in [0.25, 0.3) is 11.8 Å². The summed E-state index contributed by atoms with van der Waals surface area (Å²) < 4.78 is 49.1. The molecular weight excluding hydrogens is 451 g/mol. The van der Waals surface area contributed by atoms with Gasteiger partial charge in [0.15, 0.2) is 12.4 Å². The molecule has 0 fully saturated rings. The van der Waals surface area contributed by atoms with Crippen molar-refractivity contribution in [1.29, 1.82) is 0 Å². The molecule has 2 aromatic carbocycles. The lowest BCUT2D eigenvalue weighted by Gasteiger charge is -2.12. The second-order valence-corrected chi connectivity index (χ2v) is 7.30. The Hall–Kier alpha value is -4.34. The highest BCUT2D eigenvalue weighted by atomic mass is 19.4. The predicted octanol–water partition coefficient (Wildman–Crippen LogP) is 4.66. The lowest BCUT2D eigenvalue weighted by molar-refractivity contribution is -0.137. The number of hydrogen-bond donors (Lipinski definition) is 2. The van der Waals surface area contributed by atoms with Crippen molar-refractivity contribution in [2.24, 2.45) is 0 Å². The van der Waals surface area contributed by atoms with Gasteiger partial charge >= 0.3 is 6.18 Å². The lowest BCUT2D eigenvalue weighted by atomic mass is 10.1. The second kappa shape index (κ2) is 9.26. The zero-order valence-corrected chi connectivity index (χ0v) is 17.8. The molecule has 0 aliphatic rings. The summed E-state index contributed by atoms with van der Waals surface area (Å²) in [5.74, 6) is -0.337. The smallest absolute Gasteiger partial charge is 0.416 e. The fourth-order valence-corrected chi connectivity index (χ4v) is 3.20. The van der Waals surface area contributed by atoms with E-state index in [2.05, 4.69) is 15.8 Å². The van der Waals surface area contributed by atoms with E-state index in [9.17, 15) is 22.8 Å². The maximum atomic E-state index is 12.8. The molecule has 0 spiro atoms. The molecule has 0 saturated carbocycles. The fraction of sp³-hybridized carbons (Fsp3) is 0.125. The highest BCUT2D eigenvalue weighted by molar-refractivity contribution is 6.07. The Morgan fingerprint density at radius 2 is 1.79 bits per heavy atom. The number of amides is 2. The Balaban J connectivity index is 1.45. The fourth-order valence-electron chi connectivity index (χ4n) is 3.20. The third kappa shape index (κ3) is 5.17. The first kappa shape index (κ1) is 22.8. The maximum absolute atomic E-state index is 12.8. The van der Waals surface area contributed by atoms with Gasteiger partial charge in [0.2, 0.25) is 0 Å². The van der Waals surface area contributed by atoms with Crippen LogP contribution < -0.4 is 15.6 Å². The maximum Gasteiger partial charge on any atom is 0.416 e. The van der Waals surface area contributed by atoms with Crippen LogP contribution in [0.1, 0.15) is 21.7 Å². The van der Waals surface area contributed by atoms with Gasteiger partial charge in [-0.2, -0.15) is 13.2 Å². The molecule has 10 heteroatoms. The van der Waals surface area contributed by atoms with Gasteiger partial charge < -0.3 is 9.15 Å². The molecule has 2 heterocycles. The molecule has 2 aromatic heterocycles. The van der Waals surface area contributed by atoms with E-state index < -0.39 is 30.2 Å². The Bertz CT molecular complexity index is 1370. The van der Waals surface area contributed by atoms with E-state index in [1.165, 1.54) is 12.1 Å². The van der Waals surface area contributed by atoms with Crippen LogP contribution >= 0.6 is 0 Å². The molecule has 0 unspecified atom stereocenters. The number of para-hydroxylation sites is 1. The Labute approximate surface area is 191 Å². The summed E-state index contributed by atoms with van der Waals surface area (Å²) in [6.07, 6.45) is -4.53. The third-order valence-corrected chi connectivity index (χ3v) is 4.80. The number of nitrogens with one attached hydrogen (secondary N) is 2. The topological polar surface area (TPSA) is 93.5 Å². The highest BCUT2D eigenvalue weighted by Gasteiger charge is 2.30. The van der Waals surface area contributed by atoms with Crippen molar-refractivity contribution >= 4 is 22.7 Å². The molecule has 0 aliphatic carbocycles. The van der Waals surface area contributed by atoms with Gasteiger partial charge in [0.1, 0.15) is 17.2 Å². The molecule has 0 bridgehead atoms. The van der Waals surface area contributed by atoms with Gasteiger partial charge in [0, 0.05) is 5.39 Å². The standard InChI is InChI=1S/C24H18F3N3O4/c1-14-9-10-21(34-14)20-12-18(17-7-2-3-8-19(17)28-20)23(32)30-29-22(31)13-33-16-6-4-5-15(11-16)24(25,26)27/h2-12H,13H2,1H3,(H,29,31)(H,30,32). The summed E-state index contributed by atoms with van der Waals surface area (Å²) in [6, 6.07) is 16.2. The summed E-state index contributed by atoms with van der Waals surface area (Å²) in [6.45, 7) is 1.19. The van der Waals surface area contributed by atoms with Crippen molar-refractivity contribution in [2.45, 2.75) is 13.1 Å². The molecule has 0 atom stereocenters. The number of rotatable bonds is 5. The monoisotopic (exact) mass is 469 g/mol. The largest absolute Gasteiger partial charge is 0.484 e. The Morgan fingerprint density at radius 1 is 1.00 bits per heavy atom. The number of alkyl halides is 3. The quantitative estimate of drug-likeness (QED) is 0.415. The molecule has 2 N–H and O–H groups in total. The summed E-state index contributed by atoms with van der Waals surface area (Å²) in [7, 11) is 0. The van der Waals surface area contributed by atoms with Crippen molar-refractivity contribution < 1.29 is 31.9 Å². The van der Waals surface area contributed by atoms with Crippen LogP contribution in [0.15, 0.2) is 71.1 Å². The third-order valence-electron chi connectivity index (χ3n) is 4.80. The molecule has 7 nitrogen and oxygen atoms in total. The highest BCUT2D eigenvalue weighted by Crippen LogP contribution is 2.31. The first-order valence-electron chi connectivity index (χ1n) is 10.1. The zero-order valence-electron chi connectivity index (χ0n) is 17.8. The van der Waals surface area contributed by atoms with Crippen molar-refractivity contribution in [1.82, 2.24) is 15.8 Å². The van der Waals surface area contributed by atoms with E-state index in [1.54, 1.807) is 49.4 Å². The van der Waals surface area contributed by atoms with Crippen molar-refractivity contribution in [3.63, 3.8) is 0 Å². The number of fused-ring (bicyclic) bond motifs is 1. The van der Waals surface area contributed by atoms with Gasteiger partial charge in [0.05, 0.1) is 16.6 Å². The number of hydrogen-bond acceptors (Lipinski definition) is 5. The van der Waals surface area contributed by atoms with Crippen LogP contribution in [-0.2, 0) is 11.0 Å². The number of carbonyl (C=O) groups excluding carboxylic acids is 2. The molecular formula is C24H18F3N3O4. The van der Waals surface area contributed by atoms with E-state index in [1.807, 2.05) is 0 Å². The number of benzene rings is 2. The van der Waals surface area contributed by atoms with Crippen LogP contribution in [0, 0.1) is 6.92 Å². The number of furan rings is 1. The van der Waals surface area contributed by atoms with Crippen LogP contribution in [0.2, 0.25) is 0 Å². The number of aromatic nitrogens is 1. The minimum atomic E-state index is -4.53. The van der Waals surface area contributed by atoms with Gasteiger partial charge in [-0.25, -0.2) is 4.98 Å². The summed E-state index contributed by atoms with van der Waals surface area (Å²) in [5, 5.41) is 0.557. The molecule has 2 amide bonds. The number of hydrazine groups is 1. The molecule has 0 saturated heterocycles. The van der Waals surface area contributed by atoms with Gasteiger partial charge in [-0.3, -0.25) is 20.4 Å². The number of carbonyl (C=O) groups is 2. The Kier molecular flexibility index (Phi) is 6.22. The van der Waals surface area contributed by atoms with Gasteiger partial charge in [-0.15, -0.1) is 0 Å². The summed E-state index contributed by atoms with van der Waals surface area (Å²) in [5.41, 5.74) is 4.83. The number of pyridine rings is 1. The number of halogens is 3. The van der Waals surface area contributed by atoms with Crippen molar-refractivity contribution in [3.05, 3.63) is 83.6 Å². The SMILES string of the molecule is Cc1ccc(-c2cc(C(=O)NNC(=O)COc3cccc(C(F)(F)F)c3)c3ccccc3n2)o1. The second-order valence-electron chi connectivity index (χ2n) is 7.30. The summed E-state index contributed by atoms with van der Waals surface area (Å²) >= 11 is 0. The van der Waals surface area contributed by atoms with Crippen LogP contribution in [0.4, 0.5) is 13.2 Å². The van der Waals surface area contributed by atoms with E-state index in [4.69, 9.17) is 9.15 Å². The molecule has 0 radical (unpaired) electrons. The number of aryl methyl sites for hydroxylation is 1. The molecule has 4 aromatic rings. The summed E-state index contributed by atoms with van der Waals surface area (Å²) in [4.78, 5) is 29.4. The first-order chi connectivity index (χ1) is 16.2. The minimum absolute atomic E-state index is 0.130. The minimum Gasteiger partial charge on any atom is -0.484 e. The Morgan fingerprint density at radius 3 is 2.53 bits per heavy atom. The van der Waals surface area contributed by atoms with E-state index in [0.29, 0.717) is 28.1 Å². The zero-order chi connectivity index (χ0) is 24.3. The van der Waals surface area contributed by atoms with Crippen molar-refractivity contribution in [3.8, 4) is 17.2 Å². The van der Waals surface area contributed by atoms with Crippen LogP contribution in [-0.4, -0.2) is 23.4 Å². The molecule has 4 rings (SSSR count). The lowest BCUT2D eigenvalue weighted by Crippen LogP contribution is -2.43. The van der Waals surface area contributed by atoms with Crippen LogP contribution in [0.5, 0.6) is 5.75 Å². The average molecular weight is 469 g/mol. The normalized spacial score (nSPS) is 11.3. The molecule has 0 aliphatic heterocycles. The van der Waals surface area contributed by atoms with E-state index in [-0.39, 0.29) is 11.3 Å². The van der Waals surface area contributed by atoms with E-state index in [0.717, 1.165) is 12.1 Å². The average Bonchev–Trinajstić information content (AvgIpc) is 3.26. The van der Waals surface area contributed by atoms with Crippen LogP contribution in [0.3, 0.4) is 0 Å². The first-order valence-corrected chi connectivity index (χ1v) is 10.1. The predicted molar refractivity (Wildman–Crippen MR) is 117 cm³/mol. The van der Waals surface area contributed by atoms with Gasteiger partial charge in [-0.05, 0) is 49.4 Å². The number of ether oxygens (including phenoxy) is 1.